The summed E-state index contributed by atoms with van der Waals surface area (Å²) in [6, 6.07) is -0.653. The van der Waals surface area contributed by atoms with Crippen molar-refractivity contribution >= 4 is 5.91 Å². The first-order valence-electron chi connectivity index (χ1n) is 4.87. The zero-order valence-electron chi connectivity index (χ0n) is 8.75. The van der Waals surface area contributed by atoms with Crippen LogP contribution in [0.2, 0.25) is 0 Å². The average Bonchev–Trinajstić information content (AvgIpc) is 2.18. The van der Waals surface area contributed by atoms with Crippen LogP contribution in [0.4, 0.5) is 0 Å². The van der Waals surface area contributed by atoms with Gasteiger partial charge in [-0.15, -0.1) is 0 Å². The summed E-state index contributed by atoms with van der Waals surface area (Å²) >= 11 is 0. The summed E-state index contributed by atoms with van der Waals surface area (Å²) < 4.78 is 5.26. The zero-order valence-corrected chi connectivity index (χ0v) is 8.75. The highest BCUT2D eigenvalue weighted by Crippen LogP contribution is 2.20. The third-order valence-electron chi connectivity index (χ3n) is 2.54. The molecule has 0 radical (unpaired) electrons. The third-order valence-corrected chi connectivity index (χ3v) is 2.54. The van der Waals surface area contributed by atoms with Crippen molar-refractivity contribution in [1.29, 1.82) is 0 Å². The Balaban J connectivity index is 2.70. The predicted molar refractivity (Wildman–Crippen MR) is 51.0 cm³/mol. The summed E-state index contributed by atoms with van der Waals surface area (Å²) in [6.07, 6.45) is -3.58. The SMILES string of the molecule is CC(=O)N[C@H]1C(C)O[C@H](CO)[C@H](O)[C@@H]1O. The highest BCUT2D eigenvalue weighted by Gasteiger charge is 2.42. The molecule has 1 saturated heterocycles. The molecule has 15 heavy (non-hydrogen) atoms. The summed E-state index contributed by atoms with van der Waals surface area (Å²) in [5.74, 6) is -0.302. The quantitative estimate of drug-likeness (QED) is 0.430. The van der Waals surface area contributed by atoms with Crippen LogP contribution in [-0.2, 0) is 9.53 Å². The van der Waals surface area contributed by atoms with Gasteiger partial charge in [-0.3, -0.25) is 4.79 Å². The number of carbonyl (C=O) groups excluding carboxylic acids is 1. The van der Waals surface area contributed by atoms with Gasteiger partial charge in [0.2, 0.25) is 5.91 Å². The average molecular weight is 219 g/mol. The van der Waals surface area contributed by atoms with Gasteiger partial charge in [0.25, 0.3) is 0 Å². The lowest BCUT2D eigenvalue weighted by atomic mass is 9.93. The van der Waals surface area contributed by atoms with Crippen LogP contribution in [0.5, 0.6) is 0 Å². The van der Waals surface area contributed by atoms with E-state index >= 15 is 0 Å². The number of aliphatic hydroxyl groups excluding tert-OH is 3. The Morgan fingerprint density at radius 1 is 1.40 bits per heavy atom. The van der Waals surface area contributed by atoms with Gasteiger partial charge in [-0.1, -0.05) is 0 Å². The van der Waals surface area contributed by atoms with Gasteiger partial charge < -0.3 is 25.4 Å². The van der Waals surface area contributed by atoms with Crippen LogP contribution in [-0.4, -0.2) is 58.3 Å². The van der Waals surface area contributed by atoms with E-state index in [1.807, 2.05) is 0 Å². The smallest absolute Gasteiger partial charge is 0.217 e. The molecule has 0 bridgehead atoms. The molecular weight excluding hydrogens is 202 g/mol. The van der Waals surface area contributed by atoms with Crippen LogP contribution < -0.4 is 5.32 Å². The number of hydrogen-bond donors (Lipinski definition) is 4. The molecule has 1 unspecified atom stereocenters. The van der Waals surface area contributed by atoms with Crippen molar-refractivity contribution in [3.8, 4) is 0 Å². The van der Waals surface area contributed by atoms with E-state index in [2.05, 4.69) is 5.32 Å². The molecule has 0 spiro atoms. The summed E-state index contributed by atoms with van der Waals surface area (Å²) in [5, 5.41) is 30.6. The van der Waals surface area contributed by atoms with Crippen LogP contribution >= 0.6 is 0 Å². The minimum absolute atomic E-state index is 0.302. The van der Waals surface area contributed by atoms with Gasteiger partial charge in [0.05, 0.1) is 18.8 Å². The molecule has 1 rings (SSSR count). The lowest BCUT2D eigenvalue weighted by Crippen LogP contribution is -2.63. The molecule has 6 heteroatoms. The highest BCUT2D eigenvalue weighted by molar-refractivity contribution is 5.73. The van der Waals surface area contributed by atoms with Crippen LogP contribution in [0, 0.1) is 0 Å². The van der Waals surface area contributed by atoms with Crippen LogP contribution in [0.15, 0.2) is 0 Å². The number of ether oxygens (including phenoxy) is 1. The van der Waals surface area contributed by atoms with Gasteiger partial charge in [0.15, 0.2) is 0 Å². The van der Waals surface area contributed by atoms with Crippen molar-refractivity contribution in [2.75, 3.05) is 6.61 Å². The topological polar surface area (TPSA) is 99.0 Å². The van der Waals surface area contributed by atoms with Crippen molar-refractivity contribution in [3.05, 3.63) is 0 Å². The van der Waals surface area contributed by atoms with Crippen molar-refractivity contribution in [2.45, 2.75) is 44.3 Å². The maximum absolute atomic E-state index is 10.9. The van der Waals surface area contributed by atoms with Gasteiger partial charge in [-0.2, -0.15) is 0 Å². The van der Waals surface area contributed by atoms with Gasteiger partial charge >= 0.3 is 0 Å². The first-order chi connectivity index (χ1) is 6.97. The van der Waals surface area contributed by atoms with Gasteiger partial charge in [0, 0.05) is 6.92 Å². The molecule has 4 N–H and O–H groups in total. The van der Waals surface area contributed by atoms with E-state index in [4.69, 9.17) is 9.84 Å². The first-order valence-corrected chi connectivity index (χ1v) is 4.87. The Labute approximate surface area is 87.9 Å². The molecule has 1 aliphatic rings. The second kappa shape index (κ2) is 4.89. The van der Waals surface area contributed by atoms with E-state index < -0.39 is 30.5 Å². The maximum Gasteiger partial charge on any atom is 0.217 e. The maximum atomic E-state index is 10.9. The molecule has 1 aliphatic heterocycles. The number of aliphatic hydroxyl groups is 3. The van der Waals surface area contributed by atoms with Gasteiger partial charge in [0.1, 0.15) is 18.3 Å². The van der Waals surface area contributed by atoms with Crippen molar-refractivity contribution in [2.24, 2.45) is 0 Å². The number of hydrogen-bond acceptors (Lipinski definition) is 5. The Kier molecular flexibility index (Phi) is 4.04. The van der Waals surface area contributed by atoms with Gasteiger partial charge in [-0.25, -0.2) is 0 Å². The molecule has 6 nitrogen and oxygen atoms in total. The minimum Gasteiger partial charge on any atom is -0.394 e. The fourth-order valence-corrected chi connectivity index (χ4v) is 1.74. The Hall–Kier alpha value is -0.690. The third kappa shape index (κ3) is 2.66. The summed E-state index contributed by atoms with van der Waals surface area (Å²) in [6.45, 7) is 2.62. The molecule has 0 aromatic rings. The number of nitrogens with one attached hydrogen (secondary N) is 1. The van der Waals surface area contributed by atoms with Crippen LogP contribution in [0.3, 0.4) is 0 Å². The second-order valence-corrected chi connectivity index (χ2v) is 3.77. The lowest BCUT2D eigenvalue weighted by molar-refractivity contribution is -0.190. The lowest BCUT2D eigenvalue weighted by Gasteiger charge is -2.41. The molecule has 0 aromatic carbocycles. The van der Waals surface area contributed by atoms with Crippen molar-refractivity contribution in [3.63, 3.8) is 0 Å². The molecule has 88 valence electrons. The fraction of sp³-hybridized carbons (Fsp3) is 0.889. The molecular formula is C9H17NO5. The van der Waals surface area contributed by atoms with Crippen LogP contribution in [0.25, 0.3) is 0 Å². The number of amides is 1. The monoisotopic (exact) mass is 219 g/mol. The van der Waals surface area contributed by atoms with Crippen LogP contribution in [0.1, 0.15) is 13.8 Å². The molecule has 0 aromatic heterocycles. The van der Waals surface area contributed by atoms with E-state index in [0.717, 1.165) is 0 Å². The first kappa shape index (κ1) is 12.4. The molecule has 0 aliphatic carbocycles. The predicted octanol–water partition coefficient (Wildman–Crippen LogP) is -2.01. The van der Waals surface area contributed by atoms with Crippen molar-refractivity contribution in [1.82, 2.24) is 5.32 Å². The van der Waals surface area contributed by atoms with E-state index in [-0.39, 0.29) is 12.5 Å². The molecule has 5 atom stereocenters. The highest BCUT2D eigenvalue weighted by atomic mass is 16.5. The fourth-order valence-electron chi connectivity index (χ4n) is 1.74. The van der Waals surface area contributed by atoms with E-state index in [1.165, 1.54) is 6.92 Å². The van der Waals surface area contributed by atoms with E-state index in [9.17, 15) is 15.0 Å². The molecule has 0 saturated carbocycles. The number of rotatable bonds is 2. The number of carbonyl (C=O) groups is 1. The molecule has 1 heterocycles. The van der Waals surface area contributed by atoms with Crippen molar-refractivity contribution < 1.29 is 24.9 Å². The molecule has 1 fully saturated rings. The summed E-state index contributed by atoms with van der Waals surface area (Å²) in [4.78, 5) is 10.9. The van der Waals surface area contributed by atoms with E-state index in [1.54, 1.807) is 6.92 Å². The van der Waals surface area contributed by atoms with Gasteiger partial charge in [-0.05, 0) is 6.92 Å². The largest absolute Gasteiger partial charge is 0.394 e. The normalized spacial score (nSPS) is 41.3. The molecule has 1 amide bonds. The second-order valence-electron chi connectivity index (χ2n) is 3.77. The van der Waals surface area contributed by atoms with E-state index in [0.29, 0.717) is 0 Å². The standard InChI is InChI=1S/C9H17NO5/c1-4-7(10-5(2)12)9(14)8(13)6(3-11)15-4/h4,6-9,11,13-14H,3H2,1-2H3,(H,10,12)/t4?,6-,7+,8+,9-/m1/s1. The Bertz CT molecular complexity index is 235. The Morgan fingerprint density at radius 3 is 2.47 bits per heavy atom. The zero-order chi connectivity index (χ0) is 11.6. The summed E-state index contributed by atoms with van der Waals surface area (Å²) in [5.41, 5.74) is 0. The minimum atomic E-state index is -1.19. The Morgan fingerprint density at radius 2 is 2.00 bits per heavy atom. The summed E-state index contributed by atoms with van der Waals surface area (Å²) in [7, 11) is 0.